The van der Waals surface area contributed by atoms with Crippen LogP contribution < -0.4 is 11.5 Å². The van der Waals surface area contributed by atoms with Crippen molar-refractivity contribution in [3.8, 4) is 0 Å². The predicted molar refractivity (Wildman–Crippen MR) is 88.3 cm³/mol. The van der Waals surface area contributed by atoms with E-state index in [2.05, 4.69) is 0 Å². The first-order valence-corrected chi connectivity index (χ1v) is 9.13. The van der Waals surface area contributed by atoms with Gasteiger partial charge in [0.2, 0.25) is 0 Å². The van der Waals surface area contributed by atoms with Crippen LogP contribution in [-0.2, 0) is 20.2 Å². The van der Waals surface area contributed by atoms with Crippen LogP contribution in [0.25, 0.3) is 0 Å². The summed E-state index contributed by atoms with van der Waals surface area (Å²) in [5.41, 5.74) is 11.2. The number of anilines is 2. The Hall–Kier alpha value is -2.67. The second-order valence-corrected chi connectivity index (χ2v) is 7.46. The van der Waals surface area contributed by atoms with E-state index in [9.17, 15) is 21.6 Å². The first-order valence-electron chi connectivity index (χ1n) is 6.25. The third kappa shape index (κ3) is 6.39. The van der Waals surface area contributed by atoms with Crippen LogP contribution in [0.4, 0.5) is 11.4 Å². The van der Waals surface area contributed by atoms with E-state index < -0.39 is 36.0 Å². The summed E-state index contributed by atoms with van der Waals surface area (Å²) < 4.78 is 60.0. The minimum atomic E-state index is -4.56. The average molecular weight is 390 g/mol. The van der Waals surface area contributed by atoms with Crippen molar-refractivity contribution in [1.29, 1.82) is 0 Å². The Bertz CT molecular complexity index is 933. The Morgan fingerprint density at radius 1 is 0.760 bits per heavy atom. The van der Waals surface area contributed by atoms with E-state index in [0.29, 0.717) is 11.8 Å². The fraction of sp³-hybridized carbons (Fsp3) is 0. The highest BCUT2D eigenvalue weighted by molar-refractivity contribution is 7.86. The van der Waals surface area contributed by atoms with Crippen LogP contribution in [0.5, 0.6) is 0 Å². The standard InChI is InChI=1S/C7H7NO2.C6H7NO6S2/c8-6-3-1-5(2-4-6)7(9)10;7-4-1-5(14(8,9)10)3-6(2-4)15(11,12)13/h1-4H,8H2,(H,9,10);1-3H,7H2,(H,8,9,10)(H,11,12,13). The van der Waals surface area contributed by atoms with Crippen LogP contribution in [0, 0.1) is 0 Å². The highest BCUT2D eigenvalue weighted by Crippen LogP contribution is 2.19. The summed E-state index contributed by atoms with van der Waals surface area (Å²) in [5, 5.41) is 8.43. The van der Waals surface area contributed by atoms with Crippen molar-refractivity contribution >= 4 is 37.6 Å². The Morgan fingerprint density at radius 2 is 1.16 bits per heavy atom. The van der Waals surface area contributed by atoms with Crippen LogP contribution in [0.2, 0.25) is 0 Å². The molecule has 0 radical (unpaired) electrons. The minimum Gasteiger partial charge on any atom is -0.478 e. The Balaban J connectivity index is 0.000000271. The molecule has 7 N–H and O–H groups in total. The van der Waals surface area contributed by atoms with Gasteiger partial charge in [-0.15, -0.1) is 0 Å². The lowest BCUT2D eigenvalue weighted by Gasteiger charge is -2.02. The van der Waals surface area contributed by atoms with E-state index >= 15 is 0 Å². The minimum absolute atomic E-state index is 0.210. The molecule has 0 amide bonds. The molecular formula is C13H14N2O8S2. The third-order valence-corrected chi connectivity index (χ3v) is 4.32. The van der Waals surface area contributed by atoms with Crippen molar-refractivity contribution in [3.05, 3.63) is 48.0 Å². The number of aromatic carboxylic acids is 1. The SMILES string of the molecule is Nc1cc(S(=O)(=O)O)cc(S(=O)(=O)O)c1.Nc1ccc(C(=O)O)cc1. The first-order chi connectivity index (χ1) is 11.3. The van der Waals surface area contributed by atoms with Crippen molar-refractivity contribution in [2.75, 3.05) is 11.5 Å². The molecule has 0 aliphatic rings. The van der Waals surface area contributed by atoms with Gasteiger partial charge in [0.05, 0.1) is 15.4 Å². The molecule has 10 nitrogen and oxygen atoms in total. The van der Waals surface area contributed by atoms with Gasteiger partial charge in [0.25, 0.3) is 20.2 Å². The number of carboxylic acid groups (broad SMARTS) is 1. The second kappa shape index (κ2) is 7.48. The van der Waals surface area contributed by atoms with E-state index in [-0.39, 0.29) is 11.3 Å². The summed E-state index contributed by atoms with van der Waals surface area (Å²) in [6.07, 6.45) is 0. The van der Waals surface area contributed by atoms with Gasteiger partial charge in [0.15, 0.2) is 0 Å². The molecule has 136 valence electrons. The molecule has 0 aliphatic carbocycles. The van der Waals surface area contributed by atoms with E-state index in [1.807, 2.05) is 0 Å². The van der Waals surface area contributed by atoms with Gasteiger partial charge >= 0.3 is 5.97 Å². The Kier molecular flexibility index (Phi) is 6.10. The fourth-order valence-corrected chi connectivity index (χ4v) is 2.71. The molecule has 0 aliphatic heterocycles. The van der Waals surface area contributed by atoms with E-state index in [1.54, 1.807) is 12.1 Å². The van der Waals surface area contributed by atoms with Gasteiger partial charge in [-0.3, -0.25) is 9.11 Å². The average Bonchev–Trinajstić information content (AvgIpc) is 2.46. The van der Waals surface area contributed by atoms with Crippen LogP contribution in [0.15, 0.2) is 52.3 Å². The molecule has 0 saturated carbocycles. The molecule has 0 heterocycles. The molecule has 2 rings (SSSR count). The molecule has 0 bridgehead atoms. The Labute approximate surface area is 143 Å². The van der Waals surface area contributed by atoms with Gasteiger partial charge in [0.1, 0.15) is 0 Å². The predicted octanol–water partition coefficient (Wildman–Crippen LogP) is 0.729. The molecule has 0 saturated heterocycles. The van der Waals surface area contributed by atoms with Crippen LogP contribution in [0.1, 0.15) is 10.4 Å². The number of carbonyl (C=O) groups is 1. The summed E-state index contributed by atoms with van der Waals surface area (Å²) in [7, 11) is -9.13. The lowest BCUT2D eigenvalue weighted by Crippen LogP contribution is -2.04. The van der Waals surface area contributed by atoms with Gasteiger partial charge in [-0.05, 0) is 42.5 Å². The zero-order valence-corrected chi connectivity index (χ0v) is 14.0. The van der Waals surface area contributed by atoms with E-state index in [4.69, 9.17) is 25.7 Å². The quantitative estimate of drug-likeness (QED) is 0.367. The van der Waals surface area contributed by atoms with Crippen molar-refractivity contribution < 1.29 is 35.8 Å². The zero-order valence-electron chi connectivity index (χ0n) is 12.4. The highest BCUT2D eigenvalue weighted by atomic mass is 32.2. The molecule has 0 atom stereocenters. The normalized spacial score (nSPS) is 11.3. The molecule has 0 fully saturated rings. The van der Waals surface area contributed by atoms with E-state index in [0.717, 1.165) is 12.1 Å². The summed E-state index contributed by atoms with van der Waals surface area (Å²) >= 11 is 0. The summed E-state index contributed by atoms with van der Waals surface area (Å²) in [4.78, 5) is 8.87. The number of carboxylic acids is 1. The number of benzene rings is 2. The zero-order chi connectivity index (χ0) is 19.4. The fourth-order valence-electron chi connectivity index (χ4n) is 1.52. The van der Waals surface area contributed by atoms with Crippen molar-refractivity contribution in [2.24, 2.45) is 0 Å². The van der Waals surface area contributed by atoms with Gasteiger partial charge in [-0.2, -0.15) is 16.8 Å². The number of hydrogen-bond donors (Lipinski definition) is 5. The monoisotopic (exact) mass is 390 g/mol. The molecule has 25 heavy (non-hydrogen) atoms. The number of nitrogens with two attached hydrogens (primary N) is 2. The molecule has 2 aromatic rings. The molecule has 0 spiro atoms. The van der Waals surface area contributed by atoms with Crippen molar-refractivity contribution in [1.82, 2.24) is 0 Å². The molecule has 0 unspecified atom stereocenters. The van der Waals surface area contributed by atoms with Crippen molar-refractivity contribution in [2.45, 2.75) is 9.79 Å². The smallest absolute Gasteiger partial charge is 0.335 e. The maximum atomic E-state index is 10.7. The summed E-state index contributed by atoms with van der Waals surface area (Å²) in [5.74, 6) is -0.931. The van der Waals surface area contributed by atoms with Gasteiger partial charge in [-0.1, -0.05) is 0 Å². The lowest BCUT2D eigenvalue weighted by molar-refractivity contribution is 0.0697. The van der Waals surface area contributed by atoms with Crippen LogP contribution in [-0.4, -0.2) is 37.0 Å². The third-order valence-electron chi connectivity index (χ3n) is 2.66. The summed E-state index contributed by atoms with van der Waals surface area (Å²) in [6, 6.07) is 8.39. The lowest BCUT2D eigenvalue weighted by atomic mass is 10.2. The maximum absolute atomic E-state index is 10.7. The van der Waals surface area contributed by atoms with E-state index in [1.165, 1.54) is 12.1 Å². The van der Waals surface area contributed by atoms with Crippen LogP contribution >= 0.6 is 0 Å². The van der Waals surface area contributed by atoms with Crippen LogP contribution in [0.3, 0.4) is 0 Å². The topological polar surface area (TPSA) is 198 Å². The van der Waals surface area contributed by atoms with Crippen molar-refractivity contribution in [3.63, 3.8) is 0 Å². The molecular weight excluding hydrogens is 376 g/mol. The number of hydrogen-bond acceptors (Lipinski definition) is 7. The second-order valence-electron chi connectivity index (χ2n) is 4.62. The van der Waals surface area contributed by atoms with Gasteiger partial charge < -0.3 is 16.6 Å². The maximum Gasteiger partial charge on any atom is 0.335 e. The molecule has 12 heteroatoms. The number of nitrogen functional groups attached to an aromatic ring is 2. The molecule has 2 aromatic carbocycles. The number of rotatable bonds is 3. The summed E-state index contributed by atoms with van der Waals surface area (Å²) in [6.45, 7) is 0. The highest BCUT2D eigenvalue weighted by Gasteiger charge is 2.17. The largest absolute Gasteiger partial charge is 0.478 e. The van der Waals surface area contributed by atoms with Gasteiger partial charge in [-0.25, -0.2) is 4.79 Å². The van der Waals surface area contributed by atoms with Gasteiger partial charge in [0, 0.05) is 11.4 Å². The molecule has 0 aromatic heterocycles. The Morgan fingerprint density at radius 3 is 1.48 bits per heavy atom. The first kappa shape index (κ1) is 20.4.